The van der Waals surface area contributed by atoms with Gasteiger partial charge in [-0.15, -0.1) is 0 Å². The topological polar surface area (TPSA) is 45.8 Å². The third-order valence-electron chi connectivity index (χ3n) is 4.84. The number of thiocarbonyl (C=S) groups is 1. The maximum absolute atomic E-state index is 5.39. The fraction of sp³-hybridized carbons (Fsp3) is 0.350. The molecule has 0 radical (unpaired) electrons. The molecule has 4 rings (SSSR count). The van der Waals surface area contributed by atoms with Crippen LogP contribution in [-0.2, 0) is 6.42 Å². The van der Waals surface area contributed by atoms with E-state index < -0.39 is 0 Å². The first-order valence-corrected chi connectivity index (χ1v) is 9.40. The van der Waals surface area contributed by atoms with Crippen molar-refractivity contribution >= 4 is 28.7 Å². The number of hydrogen-bond acceptors (Lipinski definition) is 4. The summed E-state index contributed by atoms with van der Waals surface area (Å²) in [5, 5.41) is 7.10. The van der Waals surface area contributed by atoms with Gasteiger partial charge in [0, 0.05) is 36.6 Å². The lowest BCUT2D eigenvalue weighted by molar-refractivity contribution is 0.174. The number of para-hydroxylation sites is 1. The van der Waals surface area contributed by atoms with Crippen molar-refractivity contribution in [3.05, 3.63) is 48.0 Å². The molecule has 2 aromatic carbocycles. The first kappa shape index (κ1) is 17.0. The standard InChI is InChI=1S/C20H23N3O2S/c1-14-11-15-5-2-3-6-17(15)23(14)10-4-9-21-20(26)22-16-7-8-18-19(12-16)25-13-24-18/h2-3,5-8,12,14H,4,9-11,13H2,1H3,(H2,21,22,26). The van der Waals surface area contributed by atoms with E-state index in [9.17, 15) is 0 Å². The average molecular weight is 369 g/mol. The Balaban J connectivity index is 1.23. The summed E-state index contributed by atoms with van der Waals surface area (Å²) in [5.41, 5.74) is 3.72. The molecular weight excluding hydrogens is 346 g/mol. The van der Waals surface area contributed by atoms with Crippen molar-refractivity contribution < 1.29 is 9.47 Å². The van der Waals surface area contributed by atoms with Gasteiger partial charge in [-0.05, 0) is 55.7 Å². The average Bonchev–Trinajstić information content (AvgIpc) is 3.22. The molecule has 1 atom stereocenters. The molecular formula is C20H23N3O2S. The van der Waals surface area contributed by atoms with E-state index in [1.165, 1.54) is 11.3 Å². The van der Waals surface area contributed by atoms with Crippen LogP contribution in [0.5, 0.6) is 11.5 Å². The summed E-state index contributed by atoms with van der Waals surface area (Å²) in [6.07, 6.45) is 2.16. The molecule has 0 spiro atoms. The van der Waals surface area contributed by atoms with Gasteiger partial charge in [-0.1, -0.05) is 18.2 Å². The van der Waals surface area contributed by atoms with Crippen molar-refractivity contribution in [2.45, 2.75) is 25.8 Å². The SMILES string of the molecule is CC1Cc2ccccc2N1CCCNC(=S)Nc1ccc2c(c1)OCO2. The summed E-state index contributed by atoms with van der Waals surface area (Å²) in [5.74, 6) is 1.52. The third kappa shape index (κ3) is 3.55. The lowest BCUT2D eigenvalue weighted by Gasteiger charge is -2.25. The molecule has 0 bridgehead atoms. The highest BCUT2D eigenvalue weighted by atomic mass is 32.1. The van der Waals surface area contributed by atoms with Crippen LogP contribution in [-0.4, -0.2) is 31.0 Å². The van der Waals surface area contributed by atoms with Gasteiger partial charge >= 0.3 is 0 Å². The number of rotatable bonds is 5. The minimum atomic E-state index is 0.277. The van der Waals surface area contributed by atoms with E-state index in [1.807, 2.05) is 18.2 Å². The van der Waals surface area contributed by atoms with Crippen LogP contribution in [0.3, 0.4) is 0 Å². The normalized spacial score (nSPS) is 17.1. The van der Waals surface area contributed by atoms with Gasteiger partial charge < -0.3 is 25.0 Å². The Labute approximate surface area is 159 Å². The van der Waals surface area contributed by atoms with Gasteiger partial charge in [-0.3, -0.25) is 0 Å². The highest BCUT2D eigenvalue weighted by molar-refractivity contribution is 7.80. The smallest absolute Gasteiger partial charge is 0.231 e. The molecule has 0 aliphatic carbocycles. The number of anilines is 2. The summed E-state index contributed by atoms with van der Waals surface area (Å²) in [7, 11) is 0. The Hall–Kier alpha value is -2.47. The fourth-order valence-corrected chi connectivity index (χ4v) is 3.79. The number of benzene rings is 2. The van der Waals surface area contributed by atoms with Crippen LogP contribution >= 0.6 is 12.2 Å². The second kappa shape index (κ2) is 7.41. The molecule has 0 fully saturated rings. The molecule has 0 aromatic heterocycles. The van der Waals surface area contributed by atoms with Crippen molar-refractivity contribution in [3.63, 3.8) is 0 Å². The number of ether oxygens (including phenoxy) is 2. The van der Waals surface area contributed by atoms with E-state index in [0.717, 1.165) is 43.1 Å². The zero-order valence-electron chi connectivity index (χ0n) is 14.8. The second-order valence-corrected chi connectivity index (χ2v) is 7.09. The molecule has 2 heterocycles. The molecule has 136 valence electrons. The van der Waals surface area contributed by atoms with Gasteiger partial charge in [-0.2, -0.15) is 0 Å². The molecule has 2 aliphatic heterocycles. The van der Waals surface area contributed by atoms with Crippen molar-refractivity contribution in [1.29, 1.82) is 0 Å². The third-order valence-corrected chi connectivity index (χ3v) is 5.09. The molecule has 0 saturated heterocycles. The fourth-order valence-electron chi connectivity index (χ4n) is 3.57. The zero-order valence-corrected chi connectivity index (χ0v) is 15.6. The van der Waals surface area contributed by atoms with Crippen LogP contribution in [0.25, 0.3) is 0 Å². The monoisotopic (exact) mass is 369 g/mol. The van der Waals surface area contributed by atoms with Crippen LogP contribution in [0.2, 0.25) is 0 Å². The Morgan fingerprint density at radius 3 is 2.96 bits per heavy atom. The largest absolute Gasteiger partial charge is 0.454 e. The van der Waals surface area contributed by atoms with E-state index >= 15 is 0 Å². The van der Waals surface area contributed by atoms with Crippen molar-refractivity contribution in [2.75, 3.05) is 30.1 Å². The minimum absolute atomic E-state index is 0.277. The maximum Gasteiger partial charge on any atom is 0.231 e. The predicted molar refractivity (Wildman–Crippen MR) is 108 cm³/mol. The van der Waals surface area contributed by atoms with E-state index in [0.29, 0.717) is 11.2 Å². The van der Waals surface area contributed by atoms with Crippen LogP contribution in [0.4, 0.5) is 11.4 Å². The molecule has 5 nitrogen and oxygen atoms in total. The van der Waals surface area contributed by atoms with Gasteiger partial charge in [0.25, 0.3) is 0 Å². The second-order valence-electron chi connectivity index (χ2n) is 6.68. The van der Waals surface area contributed by atoms with Gasteiger partial charge in [0.05, 0.1) is 0 Å². The highest BCUT2D eigenvalue weighted by Crippen LogP contribution is 2.34. The number of fused-ring (bicyclic) bond motifs is 2. The summed E-state index contributed by atoms with van der Waals surface area (Å²) in [6.45, 7) is 4.43. The lowest BCUT2D eigenvalue weighted by atomic mass is 10.1. The van der Waals surface area contributed by atoms with Crippen LogP contribution in [0, 0.1) is 0 Å². The molecule has 1 unspecified atom stereocenters. The summed E-state index contributed by atoms with van der Waals surface area (Å²) >= 11 is 5.39. The summed E-state index contributed by atoms with van der Waals surface area (Å²) in [4.78, 5) is 2.49. The molecule has 26 heavy (non-hydrogen) atoms. The summed E-state index contributed by atoms with van der Waals surface area (Å²) in [6, 6.07) is 15.0. The first-order chi connectivity index (χ1) is 12.7. The van der Waals surface area contributed by atoms with Gasteiger partial charge in [0.15, 0.2) is 16.6 Å². The van der Waals surface area contributed by atoms with Crippen molar-refractivity contribution in [3.8, 4) is 11.5 Å². The Morgan fingerprint density at radius 1 is 1.19 bits per heavy atom. The number of hydrogen-bond donors (Lipinski definition) is 2. The molecule has 2 aliphatic rings. The first-order valence-electron chi connectivity index (χ1n) is 9.00. The predicted octanol–water partition coefficient (Wildman–Crippen LogP) is 3.54. The highest BCUT2D eigenvalue weighted by Gasteiger charge is 2.24. The Kier molecular flexibility index (Phi) is 4.84. The van der Waals surface area contributed by atoms with Crippen LogP contribution in [0.1, 0.15) is 18.9 Å². The van der Waals surface area contributed by atoms with Gasteiger partial charge in [0.2, 0.25) is 6.79 Å². The molecule has 0 saturated carbocycles. The van der Waals surface area contributed by atoms with E-state index in [2.05, 4.69) is 46.7 Å². The lowest BCUT2D eigenvalue weighted by Crippen LogP contribution is -2.34. The van der Waals surface area contributed by atoms with Crippen LogP contribution in [0.15, 0.2) is 42.5 Å². The molecule has 6 heteroatoms. The Morgan fingerprint density at radius 2 is 2.04 bits per heavy atom. The van der Waals surface area contributed by atoms with Gasteiger partial charge in [-0.25, -0.2) is 0 Å². The van der Waals surface area contributed by atoms with Gasteiger partial charge in [0.1, 0.15) is 0 Å². The maximum atomic E-state index is 5.39. The van der Waals surface area contributed by atoms with E-state index in [1.54, 1.807) is 0 Å². The Bertz CT molecular complexity index is 811. The quantitative estimate of drug-likeness (QED) is 0.621. The molecule has 2 N–H and O–H groups in total. The molecule has 2 aromatic rings. The number of nitrogens with zero attached hydrogens (tertiary/aromatic N) is 1. The van der Waals surface area contributed by atoms with Crippen molar-refractivity contribution in [2.24, 2.45) is 0 Å². The van der Waals surface area contributed by atoms with E-state index in [-0.39, 0.29) is 6.79 Å². The molecule has 0 amide bonds. The van der Waals surface area contributed by atoms with Crippen LogP contribution < -0.4 is 25.0 Å². The summed E-state index contributed by atoms with van der Waals surface area (Å²) < 4.78 is 10.7. The van der Waals surface area contributed by atoms with Crippen molar-refractivity contribution in [1.82, 2.24) is 5.32 Å². The zero-order chi connectivity index (χ0) is 17.9. The van der Waals surface area contributed by atoms with E-state index in [4.69, 9.17) is 21.7 Å². The minimum Gasteiger partial charge on any atom is -0.454 e. The number of nitrogens with one attached hydrogen (secondary N) is 2.